The Morgan fingerprint density at radius 1 is 1.13 bits per heavy atom. The third-order valence-corrected chi connectivity index (χ3v) is 2.50. The van der Waals surface area contributed by atoms with E-state index in [0.29, 0.717) is 6.07 Å². The van der Waals surface area contributed by atoms with Crippen molar-refractivity contribution < 1.29 is 33.4 Å². The summed E-state index contributed by atoms with van der Waals surface area (Å²) in [5.41, 5.74) is -3.87. The second-order valence-electron chi connectivity index (χ2n) is 3.88. The van der Waals surface area contributed by atoms with Crippen molar-refractivity contribution in [2.75, 3.05) is 13.3 Å². The molecule has 0 unspecified atom stereocenters. The molecule has 0 atom stereocenters. The lowest BCUT2D eigenvalue weighted by Gasteiger charge is -2.08. The number of nitro groups is 3. The van der Waals surface area contributed by atoms with E-state index in [1.807, 2.05) is 0 Å². The van der Waals surface area contributed by atoms with E-state index in [2.05, 4.69) is 9.47 Å². The molecule has 1 rings (SSSR count). The lowest BCUT2D eigenvalue weighted by Crippen LogP contribution is -2.14. The summed E-state index contributed by atoms with van der Waals surface area (Å²) in [7, 11) is 0. The molecule has 124 valence electrons. The summed E-state index contributed by atoms with van der Waals surface area (Å²) in [4.78, 5) is 40.5. The Labute approximate surface area is 125 Å². The van der Waals surface area contributed by atoms with Crippen molar-refractivity contribution in [3.05, 3.63) is 42.0 Å². The number of halogens is 1. The number of ether oxygens (including phenoxy) is 2. The first-order valence-corrected chi connectivity index (χ1v) is 5.72. The first-order chi connectivity index (χ1) is 10.7. The molecule has 0 saturated heterocycles. The van der Waals surface area contributed by atoms with Crippen molar-refractivity contribution in [3.63, 3.8) is 0 Å². The number of hydrogen-bond donors (Lipinski definition) is 0. The molecule has 0 radical (unpaired) electrons. The second-order valence-corrected chi connectivity index (χ2v) is 3.88. The number of nitro benzene ring substituents is 3. The zero-order valence-corrected chi connectivity index (χ0v) is 11.4. The van der Waals surface area contributed by atoms with E-state index in [-0.39, 0.29) is 0 Å². The average Bonchev–Trinajstić information content (AvgIpc) is 2.45. The standard InChI is InChI=1S/C10H8FN3O9/c1-5-8(14(20)21)6(12(16)17)4-7(13(18)19)9(5)23-10(15)22-3-2-11/h4H,2-3H2,1H3. The maximum absolute atomic E-state index is 11.9. The smallest absolute Gasteiger partial charge is 0.431 e. The van der Waals surface area contributed by atoms with Gasteiger partial charge in [0.25, 0.3) is 0 Å². The van der Waals surface area contributed by atoms with Gasteiger partial charge < -0.3 is 9.47 Å². The number of carbonyl (C=O) groups is 1. The molecule has 0 N–H and O–H groups in total. The van der Waals surface area contributed by atoms with Crippen LogP contribution in [0, 0.1) is 37.3 Å². The maximum Gasteiger partial charge on any atom is 0.514 e. The second kappa shape index (κ2) is 7.06. The van der Waals surface area contributed by atoms with Crippen LogP contribution in [0.2, 0.25) is 0 Å². The van der Waals surface area contributed by atoms with Crippen molar-refractivity contribution in [3.8, 4) is 5.75 Å². The van der Waals surface area contributed by atoms with Crippen LogP contribution in [-0.4, -0.2) is 34.2 Å². The Morgan fingerprint density at radius 2 is 1.70 bits per heavy atom. The van der Waals surface area contributed by atoms with Gasteiger partial charge in [0.2, 0.25) is 5.75 Å². The highest BCUT2D eigenvalue weighted by molar-refractivity contribution is 5.75. The van der Waals surface area contributed by atoms with Gasteiger partial charge in [-0.05, 0) is 6.92 Å². The molecule has 0 amide bonds. The van der Waals surface area contributed by atoms with Gasteiger partial charge in [0.15, 0.2) is 0 Å². The highest BCUT2D eigenvalue weighted by Gasteiger charge is 2.37. The van der Waals surface area contributed by atoms with Crippen LogP contribution < -0.4 is 4.74 Å². The van der Waals surface area contributed by atoms with E-state index in [1.54, 1.807) is 0 Å². The predicted octanol–water partition coefficient (Wildman–Crippen LogP) is 2.20. The third kappa shape index (κ3) is 3.84. The first kappa shape index (κ1) is 17.7. The number of rotatable bonds is 6. The minimum Gasteiger partial charge on any atom is -0.431 e. The van der Waals surface area contributed by atoms with Crippen LogP contribution in [-0.2, 0) is 4.74 Å². The fraction of sp³-hybridized carbons (Fsp3) is 0.300. The molecule has 0 aromatic heterocycles. The van der Waals surface area contributed by atoms with Crippen LogP contribution in [0.5, 0.6) is 5.75 Å². The quantitative estimate of drug-likeness (QED) is 0.328. The number of nitrogens with zero attached hydrogens (tertiary/aromatic N) is 3. The lowest BCUT2D eigenvalue weighted by atomic mass is 10.1. The van der Waals surface area contributed by atoms with Gasteiger partial charge >= 0.3 is 23.2 Å². The van der Waals surface area contributed by atoms with Crippen molar-refractivity contribution in [2.45, 2.75) is 6.92 Å². The molecular formula is C10H8FN3O9. The van der Waals surface area contributed by atoms with Gasteiger partial charge in [-0.25, -0.2) is 9.18 Å². The summed E-state index contributed by atoms with van der Waals surface area (Å²) in [6.45, 7) is -0.812. The van der Waals surface area contributed by atoms with Crippen LogP contribution in [0.1, 0.15) is 5.56 Å². The lowest BCUT2D eigenvalue weighted by molar-refractivity contribution is -0.425. The molecule has 0 aliphatic rings. The van der Waals surface area contributed by atoms with Crippen molar-refractivity contribution in [2.24, 2.45) is 0 Å². The summed E-state index contributed by atoms with van der Waals surface area (Å²) >= 11 is 0. The van der Waals surface area contributed by atoms with Crippen LogP contribution >= 0.6 is 0 Å². The zero-order valence-electron chi connectivity index (χ0n) is 11.4. The minimum absolute atomic E-state index is 0.295. The Hall–Kier alpha value is -3.38. The van der Waals surface area contributed by atoms with E-state index in [1.165, 1.54) is 0 Å². The largest absolute Gasteiger partial charge is 0.514 e. The molecule has 12 nitrogen and oxygen atoms in total. The predicted molar refractivity (Wildman–Crippen MR) is 69.1 cm³/mol. The normalized spacial score (nSPS) is 10.0. The summed E-state index contributed by atoms with van der Waals surface area (Å²) in [6, 6.07) is 0.295. The van der Waals surface area contributed by atoms with Gasteiger partial charge in [0.05, 0.1) is 20.3 Å². The molecule has 0 heterocycles. The summed E-state index contributed by atoms with van der Waals surface area (Å²) in [5.74, 6) is -0.892. The topological polar surface area (TPSA) is 165 Å². The molecule has 0 spiro atoms. The molecule has 0 saturated carbocycles. The SMILES string of the molecule is Cc1c(OC(=O)OCCF)c([N+](=O)[O-])cc([N+](=O)[O-])c1[N+](=O)[O-]. The highest BCUT2D eigenvalue weighted by Crippen LogP contribution is 2.43. The third-order valence-electron chi connectivity index (χ3n) is 2.50. The van der Waals surface area contributed by atoms with Gasteiger partial charge in [0.1, 0.15) is 19.3 Å². The molecule has 13 heteroatoms. The summed E-state index contributed by atoms with van der Waals surface area (Å²) in [6.07, 6.45) is -1.54. The fourth-order valence-electron chi connectivity index (χ4n) is 1.62. The van der Waals surface area contributed by atoms with Gasteiger partial charge in [-0.1, -0.05) is 0 Å². The Bertz CT molecular complexity index is 691. The van der Waals surface area contributed by atoms with Gasteiger partial charge in [-0.15, -0.1) is 0 Å². The molecular weight excluding hydrogens is 325 g/mol. The maximum atomic E-state index is 11.9. The Balaban J connectivity index is 3.51. The highest BCUT2D eigenvalue weighted by atomic mass is 19.1. The molecule has 0 bridgehead atoms. The van der Waals surface area contributed by atoms with Crippen molar-refractivity contribution in [1.82, 2.24) is 0 Å². The van der Waals surface area contributed by atoms with Crippen molar-refractivity contribution in [1.29, 1.82) is 0 Å². The number of carbonyl (C=O) groups excluding carboxylic acids is 1. The molecule has 0 fully saturated rings. The first-order valence-electron chi connectivity index (χ1n) is 5.72. The zero-order chi connectivity index (χ0) is 17.7. The Morgan fingerprint density at radius 3 is 2.13 bits per heavy atom. The van der Waals surface area contributed by atoms with E-state index in [0.717, 1.165) is 6.92 Å². The van der Waals surface area contributed by atoms with Gasteiger partial charge in [-0.2, -0.15) is 0 Å². The van der Waals surface area contributed by atoms with Crippen LogP contribution in [0.3, 0.4) is 0 Å². The summed E-state index contributed by atoms with van der Waals surface area (Å²) in [5, 5.41) is 32.7. The van der Waals surface area contributed by atoms with Gasteiger partial charge in [-0.3, -0.25) is 30.3 Å². The van der Waals surface area contributed by atoms with Crippen LogP contribution in [0.25, 0.3) is 0 Å². The minimum atomic E-state index is -1.54. The molecule has 23 heavy (non-hydrogen) atoms. The van der Waals surface area contributed by atoms with E-state index in [9.17, 15) is 39.5 Å². The summed E-state index contributed by atoms with van der Waals surface area (Å²) < 4.78 is 20.6. The fourth-order valence-corrected chi connectivity index (χ4v) is 1.62. The monoisotopic (exact) mass is 333 g/mol. The Kier molecular flexibility index (Phi) is 5.42. The number of benzene rings is 1. The molecule has 1 aromatic carbocycles. The average molecular weight is 333 g/mol. The molecule has 0 aliphatic carbocycles. The number of hydrogen-bond acceptors (Lipinski definition) is 9. The molecule has 1 aromatic rings. The van der Waals surface area contributed by atoms with E-state index in [4.69, 9.17) is 0 Å². The van der Waals surface area contributed by atoms with Crippen LogP contribution in [0.4, 0.5) is 26.2 Å². The van der Waals surface area contributed by atoms with Crippen LogP contribution in [0.15, 0.2) is 6.07 Å². The van der Waals surface area contributed by atoms with Gasteiger partial charge in [0, 0.05) is 0 Å². The van der Waals surface area contributed by atoms with Crippen molar-refractivity contribution >= 4 is 23.2 Å². The van der Waals surface area contributed by atoms with E-state index >= 15 is 0 Å². The molecule has 0 aliphatic heterocycles. The number of alkyl halides is 1. The van der Waals surface area contributed by atoms with E-state index < -0.39 is 62.6 Å².